The number of fused-ring (bicyclic) bond motifs is 1. The second kappa shape index (κ2) is 6.40. The van der Waals surface area contributed by atoms with E-state index in [0.717, 1.165) is 30.8 Å². The summed E-state index contributed by atoms with van der Waals surface area (Å²) in [5.74, 6) is 1.54. The first kappa shape index (κ1) is 16.5. The summed E-state index contributed by atoms with van der Waals surface area (Å²) in [7, 11) is 1.81. The lowest BCUT2D eigenvalue weighted by atomic mass is 10.0. The number of imidazole rings is 1. The molecule has 1 fully saturated rings. The lowest BCUT2D eigenvalue weighted by Gasteiger charge is -2.43. The standard InChI is InChI=1S/C17H21BrN6O/c1-3-12-15(25)22(2)13-10-20-17(23-9-8-19-16(23)18)21-14(13)24(12)11-6-4-5-7-11/h8-12H,3-7H2,1-2H3. The third-order valence-electron chi connectivity index (χ3n) is 5.21. The molecule has 7 nitrogen and oxygen atoms in total. The molecule has 0 spiro atoms. The van der Waals surface area contributed by atoms with E-state index in [9.17, 15) is 4.79 Å². The van der Waals surface area contributed by atoms with Crippen molar-refractivity contribution in [2.45, 2.75) is 51.1 Å². The van der Waals surface area contributed by atoms with Crippen LogP contribution >= 0.6 is 15.9 Å². The molecule has 4 rings (SSSR count). The van der Waals surface area contributed by atoms with Crippen molar-refractivity contribution in [3.8, 4) is 5.95 Å². The van der Waals surface area contributed by atoms with Crippen molar-refractivity contribution < 1.29 is 4.79 Å². The number of likely N-dealkylation sites (N-methyl/N-ethyl adjacent to an activating group) is 1. The number of hydrogen-bond acceptors (Lipinski definition) is 5. The topological polar surface area (TPSA) is 67.2 Å². The van der Waals surface area contributed by atoms with Crippen molar-refractivity contribution in [1.29, 1.82) is 0 Å². The summed E-state index contributed by atoms with van der Waals surface area (Å²) in [6, 6.07) is 0.213. The van der Waals surface area contributed by atoms with Gasteiger partial charge < -0.3 is 9.80 Å². The van der Waals surface area contributed by atoms with Gasteiger partial charge in [0.15, 0.2) is 10.6 Å². The second-order valence-electron chi connectivity index (χ2n) is 6.61. The number of nitrogens with zero attached hydrogens (tertiary/aromatic N) is 6. The molecule has 0 saturated heterocycles. The fourth-order valence-electron chi connectivity index (χ4n) is 3.92. The van der Waals surface area contributed by atoms with Crippen molar-refractivity contribution >= 4 is 33.3 Å². The van der Waals surface area contributed by atoms with Gasteiger partial charge in [-0.15, -0.1) is 0 Å². The average Bonchev–Trinajstić information content (AvgIpc) is 3.29. The van der Waals surface area contributed by atoms with Crippen LogP contribution in [0.2, 0.25) is 0 Å². The minimum atomic E-state index is -0.158. The SMILES string of the molecule is CCC1C(=O)N(C)c2cnc(-n3ccnc3Br)nc2N1C1CCCC1. The van der Waals surface area contributed by atoms with Gasteiger partial charge in [0.05, 0.1) is 6.20 Å². The molecule has 1 saturated carbocycles. The van der Waals surface area contributed by atoms with Crippen LogP contribution in [0.25, 0.3) is 5.95 Å². The quantitative estimate of drug-likeness (QED) is 0.786. The molecule has 132 valence electrons. The van der Waals surface area contributed by atoms with Gasteiger partial charge in [0.25, 0.3) is 0 Å². The van der Waals surface area contributed by atoms with Gasteiger partial charge in [0.1, 0.15) is 11.7 Å². The third-order valence-corrected chi connectivity index (χ3v) is 5.80. The predicted octanol–water partition coefficient (Wildman–Crippen LogP) is 2.93. The number of hydrogen-bond donors (Lipinski definition) is 0. The Morgan fingerprint density at radius 2 is 2.04 bits per heavy atom. The zero-order valence-electron chi connectivity index (χ0n) is 14.4. The van der Waals surface area contributed by atoms with Crippen molar-refractivity contribution in [2.24, 2.45) is 0 Å². The summed E-state index contributed by atoms with van der Waals surface area (Å²) in [4.78, 5) is 30.3. The number of halogens is 1. The van der Waals surface area contributed by atoms with Crippen LogP contribution in [0.15, 0.2) is 23.3 Å². The Labute approximate surface area is 155 Å². The van der Waals surface area contributed by atoms with Crippen molar-refractivity contribution in [3.63, 3.8) is 0 Å². The highest BCUT2D eigenvalue weighted by Gasteiger charge is 2.41. The predicted molar refractivity (Wildman–Crippen MR) is 99.1 cm³/mol. The van der Waals surface area contributed by atoms with E-state index in [2.05, 4.69) is 37.7 Å². The summed E-state index contributed by atoms with van der Waals surface area (Å²) in [5, 5.41) is 0. The molecular formula is C17H21BrN6O. The molecule has 3 heterocycles. The normalized spacial score (nSPS) is 21.1. The summed E-state index contributed by atoms with van der Waals surface area (Å²) in [6.45, 7) is 2.07. The molecule has 0 aromatic carbocycles. The Morgan fingerprint density at radius 1 is 1.28 bits per heavy atom. The maximum absolute atomic E-state index is 12.9. The van der Waals surface area contributed by atoms with E-state index in [1.165, 1.54) is 12.8 Å². The van der Waals surface area contributed by atoms with Crippen LogP contribution in [0.1, 0.15) is 39.0 Å². The monoisotopic (exact) mass is 404 g/mol. The molecule has 2 aromatic heterocycles. The van der Waals surface area contributed by atoms with E-state index in [-0.39, 0.29) is 11.9 Å². The Hall–Kier alpha value is -1.96. The molecule has 0 radical (unpaired) electrons. The van der Waals surface area contributed by atoms with Crippen LogP contribution in [0.4, 0.5) is 11.5 Å². The lowest BCUT2D eigenvalue weighted by molar-refractivity contribution is -0.120. The van der Waals surface area contributed by atoms with E-state index < -0.39 is 0 Å². The zero-order valence-corrected chi connectivity index (χ0v) is 16.0. The number of rotatable bonds is 3. The molecule has 1 atom stereocenters. The minimum absolute atomic E-state index is 0.127. The van der Waals surface area contributed by atoms with Gasteiger partial charge in [-0.1, -0.05) is 19.8 Å². The molecule has 8 heteroatoms. The largest absolute Gasteiger partial charge is 0.340 e. The summed E-state index contributed by atoms with van der Waals surface area (Å²) in [6.07, 6.45) is 10.7. The third kappa shape index (κ3) is 2.63. The molecule has 1 aliphatic carbocycles. The first-order valence-corrected chi connectivity index (χ1v) is 9.53. The van der Waals surface area contributed by atoms with Gasteiger partial charge in [0, 0.05) is 25.5 Å². The highest BCUT2D eigenvalue weighted by molar-refractivity contribution is 9.10. The van der Waals surface area contributed by atoms with E-state index in [1.807, 2.05) is 13.2 Å². The van der Waals surface area contributed by atoms with Gasteiger partial charge in [-0.3, -0.25) is 9.36 Å². The number of carbonyl (C=O) groups is 1. The van der Waals surface area contributed by atoms with Crippen LogP contribution in [-0.4, -0.2) is 44.6 Å². The van der Waals surface area contributed by atoms with Gasteiger partial charge in [0.2, 0.25) is 11.9 Å². The number of amides is 1. The molecule has 2 aromatic rings. The number of aromatic nitrogens is 4. The first-order chi connectivity index (χ1) is 12.1. The van der Waals surface area contributed by atoms with Gasteiger partial charge in [-0.25, -0.2) is 9.97 Å². The molecular weight excluding hydrogens is 384 g/mol. The smallest absolute Gasteiger partial charge is 0.249 e. The molecule has 0 N–H and O–H groups in total. The van der Waals surface area contributed by atoms with E-state index >= 15 is 0 Å². The molecule has 1 aliphatic heterocycles. The van der Waals surface area contributed by atoms with Crippen molar-refractivity contribution in [2.75, 3.05) is 16.8 Å². The zero-order chi connectivity index (χ0) is 17.6. The molecule has 1 amide bonds. The van der Waals surface area contributed by atoms with Gasteiger partial charge in [-0.2, -0.15) is 4.98 Å². The van der Waals surface area contributed by atoms with Crippen LogP contribution in [0, 0.1) is 0 Å². The Bertz CT molecular complexity index is 800. The number of carbonyl (C=O) groups excluding carboxylic acids is 1. The summed E-state index contributed by atoms with van der Waals surface area (Å²) in [5.41, 5.74) is 0.779. The number of anilines is 2. The van der Waals surface area contributed by atoms with Crippen LogP contribution in [0.5, 0.6) is 0 Å². The van der Waals surface area contributed by atoms with Gasteiger partial charge in [-0.05, 0) is 35.2 Å². The maximum Gasteiger partial charge on any atom is 0.249 e. The van der Waals surface area contributed by atoms with Crippen LogP contribution < -0.4 is 9.80 Å². The van der Waals surface area contributed by atoms with Crippen LogP contribution in [-0.2, 0) is 4.79 Å². The molecule has 1 unspecified atom stereocenters. The van der Waals surface area contributed by atoms with E-state index in [4.69, 9.17) is 4.98 Å². The summed E-state index contributed by atoms with van der Waals surface area (Å²) >= 11 is 3.42. The van der Waals surface area contributed by atoms with Gasteiger partial charge >= 0.3 is 0 Å². The highest BCUT2D eigenvalue weighted by Crippen LogP contribution is 2.39. The minimum Gasteiger partial charge on any atom is -0.340 e. The molecule has 2 aliphatic rings. The van der Waals surface area contributed by atoms with Crippen LogP contribution in [0.3, 0.4) is 0 Å². The van der Waals surface area contributed by atoms with Crippen molar-refractivity contribution in [1.82, 2.24) is 19.5 Å². The fourth-order valence-corrected chi connectivity index (χ4v) is 4.32. The molecule has 0 bridgehead atoms. The second-order valence-corrected chi connectivity index (χ2v) is 7.32. The molecule has 25 heavy (non-hydrogen) atoms. The Morgan fingerprint density at radius 3 is 2.68 bits per heavy atom. The summed E-state index contributed by atoms with van der Waals surface area (Å²) < 4.78 is 2.46. The Balaban J connectivity index is 1.85. The Kier molecular flexibility index (Phi) is 4.23. The highest BCUT2D eigenvalue weighted by atomic mass is 79.9. The first-order valence-electron chi connectivity index (χ1n) is 8.74. The van der Waals surface area contributed by atoms with E-state index in [0.29, 0.717) is 16.7 Å². The average molecular weight is 405 g/mol. The maximum atomic E-state index is 12.9. The fraction of sp³-hybridized carbons (Fsp3) is 0.529. The van der Waals surface area contributed by atoms with E-state index in [1.54, 1.807) is 21.9 Å². The lowest BCUT2D eigenvalue weighted by Crippen LogP contribution is -2.55. The van der Waals surface area contributed by atoms with Crippen molar-refractivity contribution in [3.05, 3.63) is 23.3 Å².